The largest absolute Gasteiger partial charge is 0.0761 e. The second-order valence-electron chi connectivity index (χ2n) is 7.56. The summed E-state index contributed by atoms with van der Waals surface area (Å²) >= 11 is 0. The lowest BCUT2D eigenvalue weighted by atomic mass is 9.89. The molecule has 0 bridgehead atoms. The van der Waals surface area contributed by atoms with Crippen molar-refractivity contribution >= 4 is 17.2 Å². The van der Waals surface area contributed by atoms with Crippen LogP contribution in [0.25, 0.3) is 17.2 Å². The van der Waals surface area contributed by atoms with E-state index in [4.69, 9.17) is 0 Å². The lowest BCUT2D eigenvalue weighted by Gasteiger charge is -2.15. The van der Waals surface area contributed by atoms with Crippen molar-refractivity contribution in [3.8, 4) is 0 Å². The van der Waals surface area contributed by atoms with Crippen LogP contribution in [-0.2, 0) is 6.42 Å². The van der Waals surface area contributed by atoms with Gasteiger partial charge in [0, 0.05) is 5.92 Å². The van der Waals surface area contributed by atoms with Crippen molar-refractivity contribution in [2.24, 2.45) is 5.92 Å². The normalized spacial score (nSPS) is 18.5. The number of benzene rings is 2. The summed E-state index contributed by atoms with van der Waals surface area (Å²) in [7, 11) is 0. The minimum Gasteiger partial charge on any atom is -0.0761 e. The van der Waals surface area contributed by atoms with Crippen molar-refractivity contribution in [3.05, 3.63) is 88.5 Å². The van der Waals surface area contributed by atoms with Gasteiger partial charge in [0.25, 0.3) is 0 Å². The van der Waals surface area contributed by atoms with Crippen molar-refractivity contribution in [1.82, 2.24) is 0 Å². The summed E-state index contributed by atoms with van der Waals surface area (Å²) in [6, 6.07) is 16.0. The first kappa shape index (κ1) is 16.1. The van der Waals surface area contributed by atoms with Crippen LogP contribution in [0.3, 0.4) is 0 Å². The van der Waals surface area contributed by atoms with Gasteiger partial charge in [-0.05, 0) is 63.8 Å². The third-order valence-corrected chi connectivity index (χ3v) is 5.59. The Morgan fingerprint density at radius 1 is 1.00 bits per heavy atom. The van der Waals surface area contributed by atoms with E-state index in [1.807, 2.05) is 0 Å². The molecule has 126 valence electrons. The van der Waals surface area contributed by atoms with Gasteiger partial charge in [0.2, 0.25) is 0 Å². The molecule has 0 heteroatoms. The molecule has 0 radical (unpaired) electrons. The highest BCUT2D eigenvalue weighted by atomic mass is 14.3. The van der Waals surface area contributed by atoms with Crippen molar-refractivity contribution < 1.29 is 0 Å². The van der Waals surface area contributed by atoms with Crippen LogP contribution in [-0.4, -0.2) is 0 Å². The predicted molar refractivity (Wildman–Crippen MR) is 109 cm³/mol. The number of aryl methyl sites for hydroxylation is 1. The molecule has 4 rings (SSSR count). The molecule has 0 N–H and O–H groups in total. The SMILES string of the molecule is CCc1ccc(C2=CCC(c3ccc4c(c3)C=CC4C(C)C)=C2)cc1. The highest BCUT2D eigenvalue weighted by molar-refractivity contribution is 5.90. The number of allylic oxidation sites excluding steroid dienone is 5. The maximum atomic E-state index is 2.37. The Hall–Kier alpha value is -2.34. The summed E-state index contributed by atoms with van der Waals surface area (Å²) in [6.45, 7) is 6.81. The highest BCUT2D eigenvalue weighted by Crippen LogP contribution is 2.38. The third kappa shape index (κ3) is 3.02. The minimum absolute atomic E-state index is 0.576. The molecule has 0 heterocycles. The Bertz CT molecular complexity index is 873. The van der Waals surface area contributed by atoms with Crippen LogP contribution in [0, 0.1) is 5.92 Å². The Morgan fingerprint density at radius 3 is 2.48 bits per heavy atom. The standard InChI is InChI=1S/C25H26/c1-4-18-5-7-19(8-6-18)20-9-10-21(15-20)22-11-14-25-23(16-22)12-13-24(25)17(2)3/h5-9,11-17,24H,4,10H2,1-3H3. The molecule has 0 spiro atoms. The molecule has 2 aliphatic carbocycles. The summed E-state index contributed by atoms with van der Waals surface area (Å²) in [4.78, 5) is 0. The predicted octanol–water partition coefficient (Wildman–Crippen LogP) is 6.89. The second-order valence-corrected chi connectivity index (χ2v) is 7.56. The molecule has 0 fully saturated rings. The molecule has 0 saturated heterocycles. The molecule has 0 saturated carbocycles. The Morgan fingerprint density at radius 2 is 1.76 bits per heavy atom. The monoisotopic (exact) mass is 326 g/mol. The van der Waals surface area contributed by atoms with E-state index >= 15 is 0 Å². The van der Waals surface area contributed by atoms with Gasteiger partial charge >= 0.3 is 0 Å². The molecular formula is C25H26. The van der Waals surface area contributed by atoms with E-state index in [0.29, 0.717) is 11.8 Å². The van der Waals surface area contributed by atoms with Gasteiger partial charge in [-0.15, -0.1) is 0 Å². The van der Waals surface area contributed by atoms with Crippen LogP contribution < -0.4 is 0 Å². The first-order valence-corrected chi connectivity index (χ1v) is 9.48. The first-order chi connectivity index (χ1) is 12.2. The maximum absolute atomic E-state index is 2.37. The fourth-order valence-electron chi connectivity index (χ4n) is 3.98. The smallest absolute Gasteiger partial charge is 0.00502 e. The van der Waals surface area contributed by atoms with Crippen molar-refractivity contribution in [2.45, 2.75) is 39.5 Å². The van der Waals surface area contributed by atoms with Crippen LogP contribution in [0.1, 0.15) is 60.9 Å². The van der Waals surface area contributed by atoms with Crippen molar-refractivity contribution in [1.29, 1.82) is 0 Å². The van der Waals surface area contributed by atoms with Crippen molar-refractivity contribution in [2.75, 3.05) is 0 Å². The molecule has 1 unspecified atom stereocenters. The van der Waals surface area contributed by atoms with Gasteiger partial charge in [-0.3, -0.25) is 0 Å². The van der Waals surface area contributed by atoms with Crippen LogP contribution in [0.4, 0.5) is 0 Å². The van der Waals surface area contributed by atoms with Crippen LogP contribution in [0.5, 0.6) is 0 Å². The van der Waals surface area contributed by atoms with E-state index in [1.165, 1.54) is 39.0 Å². The lowest BCUT2D eigenvalue weighted by Crippen LogP contribution is -2.01. The van der Waals surface area contributed by atoms with Gasteiger partial charge in [0.15, 0.2) is 0 Å². The molecule has 25 heavy (non-hydrogen) atoms. The molecule has 0 aliphatic heterocycles. The molecule has 2 aromatic rings. The zero-order valence-electron chi connectivity index (χ0n) is 15.4. The third-order valence-electron chi connectivity index (χ3n) is 5.59. The van der Waals surface area contributed by atoms with E-state index in [0.717, 1.165) is 12.8 Å². The quantitative estimate of drug-likeness (QED) is 0.574. The average Bonchev–Trinajstić information content (AvgIpc) is 3.28. The summed E-state index contributed by atoms with van der Waals surface area (Å²) in [5.41, 5.74) is 9.76. The zero-order chi connectivity index (χ0) is 17.4. The number of fused-ring (bicyclic) bond motifs is 1. The molecule has 1 atom stereocenters. The molecular weight excluding hydrogens is 300 g/mol. The number of rotatable bonds is 4. The average molecular weight is 326 g/mol. The molecule has 2 aliphatic rings. The fraction of sp³-hybridized carbons (Fsp3) is 0.280. The van der Waals surface area contributed by atoms with Gasteiger partial charge in [-0.2, -0.15) is 0 Å². The second kappa shape index (κ2) is 6.52. The Kier molecular flexibility index (Phi) is 4.21. The van der Waals surface area contributed by atoms with Crippen molar-refractivity contribution in [3.63, 3.8) is 0 Å². The molecule has 0 amide bonds. The molecule has 0 aromatic heterocycles. The number of hydrogen-bond donors (Lipinski definition) is 0. The molecule has 2 aromatic carbocycles. The van der Waals surface area contributed by atoms with E-state index in [9.17, 15) is 0 Å². The van der Waals surface area contributed by atoms with Gasteiger partial charge in [0.1, 0.15) is 0 Å². The lowest BCUT2D eigenvalue weighted by molar-refractivity contribution is 0.584. The molecule has 0 nitrogen and oxygen atoms in total. The van der Waals surface area contributed by atoms with Gasteiger partial charge < -0.3 is 0 Å². The summed E-state index contributed by atoms with van der Waals surface area (Å²) in [6.07, 6.45) is 11.5. The summed E-state index contributed by atoms with van der Waals surface area (Å²) in [5.74, 6) is 1.24. The Labute approximate surface area is 151 Å². The highest BCUT2D eigenvalue weighted by Gasteiger charge is 2.21. The Balaban J connectivity index is 1.59. The maximum Gasteiger partial charge on any atom is 0.00502 e. The van der Waals surface area contributed by atoms with Crippen LogP contribution in [0.15, 0.2) is 60.7 Å². The summed E-state index contributed by atoms with van der Waals surface area (Å²) < 4.78 is 0. The van der Waals surface area contributed by atoms with E-state index in [2.05, 4.69) is 87.5 Å². The minimum atomic E-state index is 0.576. The van der Waals surface area contributed by atoms with Gasteiger partial charge in [0.05, 0.1) is 0 Å². The van der Waals surface area contributed by atoms with Crippen LogP contribution >= 0.6 is 0 Å². The zero-order valence-corrected chi connectivity index (χ0v) is 15.4. The van der Waals surface area contributed by atoms with Crippen LogP contribution in [0.2, 0.25) is 0 Å². The van der Waals surface area contributed by atoms with E-state index in [1.54, 1.807) is 0 Å². The van der Waals surface area contributed by atoms with Gasteiger partial charge in [-0.1, -0.05) is 81.5 Å². The van der Waals surface area contributed by atoms with E-state index in [-0.39, 0.29) is 0 Å². The number of hydrogen-bond acceptors (Lipinski definition) is 0. The fourth-order valence-corrected chi connectivity index (χ4v) is 3.98. The topological polar surface area (TPSA) is 0 Å². The van der Waals surface area contributed by atoms with Gasteiger partial charge in [-0.25, -0.2) is 0 Å². The summed E-state index contributed by atoms with van der Waals surface area (Å²) in [5, 5.41) is 0. The van der Waals surface area contributed by atoms with E-state index < -0.39 is 0 Å². The first-order valence-electron chi connectivity index (χ1n) is 9.48.